The van der Waals surface area contributed by atoms with Crippen LogP contribution in [0.1, 0.15) is 33.1 Å². The molecular weight excluding hydrogens is 204 g/mol. The van der Waals surface area contributed by atoms with Crippen molar-refractivity contribution in [3.63, 3.8) is 0 Å². The van der Waals surface area contributed by atoms with Gasteiger partial charge in [-0.15, -0.1) is 0 Å². The molecule has 94 valence electrons. The number of amides is 1. The minimum Gasteiger partial charge on any atom is -0.383 e. The van der Waals surface area contributed by atoms with Crippen LogP contribution in [0.25, 0.3) is 0 Å². The molecule has 0 radical (unpaired) electrons. The van der Waals surface area contributed by atoms with Crippen LogP contribution >= 0.6 is 0 Å². The third-order valence-electron chi connectivity index (χ3n) is 3.79. The predicted octanol–water partition coefficient (Wildman–Crippen LogP) is 0.903. The molecule has 0 aromatic rings. The molecule has 3 atom stereocenters. The molecule has 0 bridgehead atoms. The second-order valence-electron chi connectivity index (χ2n) is 5.04. The van der Waals surface area contributed by atoms with E-state index in [4.69, 9.17) is 10.5 Å². The van der Waals surface area contributed by atoms with Gasteiger partial charge in [0.1, 0.15) is 5.54 Å². The average Bonchev–Trinajstić information content (AvgIpc) is 2.23. The third kappa shape index (κ3) is 2.74. The van der Waals surface area contributed by atoms with E-state index in [2.05, 4.69) is 19.2 Å². The topological polar surface area (TPSA) is 64.3 Å². The molecule has 0 aromatic heterocycles. The number of nitrogens with one attached hydrogen (secondary N) is 1. The average molecular weight is 228 g/mol. The molecule has 0 heterocycles. The summed E-state index contributed by atoms with van der Waals surface area (Å²) in [6.07, 6.45) is 3.08. The monoisotopic (exact) mass is 228 g/mol. The zero-order valence-corrected chi connectivity index (χ0v) is 10.6. The first-order valence-corrected chi connectivity index (χ1v) is 6.06. The maximum Gasteiger partial charge on any atom is 0.238 e. The minimum atomic E-state index is -0.532. The van der Waals surface area contributed by atoms with Gasteiger partial charge in [0, 0.05) is 13.7 Å². The van der Waals surface area contributed by atoms with E-state index in [1.54, 1.807) is 7.11 Å². The van der Waals surface area contributed by atoms with Crippen LogP contribution in [0.2, 0.25) is 0 Å². The first kappa shape index (κ1) is 13.5. The lowest BCUT2D eigenvalue weighted by Gasteiger charge is -2.43. The highest BCUT2D eigenvalue weighted by atomic mass is 16.5. The van der Waals surface area contributed by atoms with Gasteiger partial charge < -0.3 is 15.8 Å². The number of ether oxygens (including phenoxy) is 1. The van der Waals surface area contributed by atoms with Crippen molar-refractivity contribution in [2.24, 2.45) is 17.6 Å². The van der Waals surface area contributed by atoms with Crippen molar-refractivity contribution >= 4 is 5.91 Å². The lowest BCUT2D eigenvalue weighted by Crippen LogP contribution is -2.62. The molecule has 0 saturated heterocycles. The fourth-order valence-corrected chi connectivity index (χ4v) is 2.69. The van der Waals surface area contributed by atoms with Crippen molar-refractivity contribution in [1.82, 2.24) is 5.32 Å². The Bertz CT molecular complexity index is 245. The molecular formula is C12H24N2O2. The highest BCUT2D eigenvalue weighted by Gasteiger charge is 2.44. The van der Waals surface area contributed by atoms with Crippen LogP contribution in [-0.4, -0.2) is 31.7 Å². The molecule has 1 aliphatic carbocycles. The van der Waals surface area contributed by atoms with E-state index in [1.807, 2.05) is 0 Å². The van der Waals surface area contributed by atoms with Crippen LogP contribution < -0.4 is 11.1 Å². The second kappa shape index (κ2) is 5.64. The quantitative estimate of drug-likeness (QED) is 0.687. The van der Waals surface area contributed by atoms with E-state index in [1.165, 1.54) is 6.42 Å². The van der Waals surface area contributed by atoms with Crippen LogP contribution in [0.3, 0.4) is 0 Å². The maximum absolute atomic E-state index is 11.7. The fourth-order valence-electron chi connectivity index (χ4n) is 2.69. The van der Waals surface area contributed by atoms with E-state index in [-0.39, 0.29) is 5.91 Å². The predicted molar refractivity (Wildman–Crippen MR) is 64.0 cm³/mol. The van der Waals surface area contributed by atoms with Crippen LogP contribution in [0.5, 0.6) is 0 Å². The molecule has 0 aromatic carbocycles. The summed E-state index contributed by atoms with van der Waals surface area (Å²) in [7, 11) is 1.66. The smallest absolute Gasteiger partial charge is 0.238 e. The van der Waals surface area contributed by atoms with E-state index in [9.17, 15) is 4.79 Å². The van der Waals surface area contributed by atoms with Gasteiger partial charge in [0.15, 0.2) is 0 Å². The molecule has 0 aliphatic heterocycles. The van der Waals surface area contributed by atoms with E-state index >= 15 is 0 Å². The highest BCUT2D eigenvalue weighted by Crippen LogP contribution is 2.36. The number of hydrogen-bond acceptors (Lipinski definition) is 3. The Hall–Kier alpha value is -0.610. The third-order valence-corrected chi connectivity index (χ3v) is 3.79. The van der Waals surface area contributed by atoms with Gasteiger partial charge in [0.25, 0.3) is 0 Å². The Morgan fingerprint density at radius 1 is 1.50 bits per heavy atom. The summed E-state index contributed by atoms with van der Waals surface area (Å²) >= 11 is 0. The van der Waals surface area contributed by atoms with Crippen LogP contribution in [-0.2, 0) is 9.53 Å². The first-order chi connectivity index (χ1) is 7.53. The number of hydrogen-bond donors (Lipinski definition) is 2. The molecule has 16 heavy (non-hydrogen) atoms. The number of rotatable bonds is 5. The summed E-state index contributed by atoms with van der Waals surface area (Å²) in [5.74, 6) is 0.638. The molecule has 1 fully saturated rings. The lowest BCUT2D eigenvalue weighted by atomic mass is 9.69. The van der Waals surface area contributed by atoms with Gasteiger partial charge in [-0.2, -0.15) is 0 Å². The van der Waals surface area contributed by atoms with Crippen molar-refractivity contribution in [2.45, 2.75) is 38.6 Å². The second-order valence-corrected chi connectivity index (χ2v) is 5.04. The van der Waals surface area contributed by atoms with Crippen molar-refractivity contribution in [2.75, 3.05) is 20.3 Å². The maximum atomic E-state index is 11.7. The van der Waals surface area contributed by atoms with Crippen molar-refractivity contribution in [3.05, 3.63) is 0 Å². The Balaban J connectivity index is 2.72. The normalized spacial score (nSPS) is 34.9. The Morgan fingerprint density at radius 2 is 2.19 bits per heavy atom. The fraction of sp³-hybridized carbons (Fsp3) is 0.917. The molecule has 0 spiro atoms. The molecule has 1 saturated carbocycles. The summed E-state index contributed by atoms with van der Waals surface area (Å²) in [6.45, 7) is 5.57. The van der Waals surface area contributed by atoms with Gasteiger partial charge in [-0.05, 0) is 24.7 Å². The van der Waals surface area contributed by atoms with Gasteiger partial charge in [0.05, 0.1) is 6.61 Å². The number of methoxy groups -OCH3 is 1. The molecule has 1 aliphatic rings. The molecule has 3 unspecified atom stereocenters. The SMILES string of the molecule is COCCNC1(C(N)=O)CC(C)CCC1C. The highest BCUT2D eigenvalue weighted by molar-refractivity contribution is 5.85. The van der Waals surface area contributed by atoms with Crippen LogP contribution in [0, 0.1) is 11.8 Å². The van der Waals surface area contributed by atoms with Gasteiger partial charge in [-0.1, -0.05) is 20.3 Å². The lowest BCUT2D eigenvalue weighted by molar-refractivity contribution is -0.128. The number of carbonyl (C=O) groups is 1. The van der Waals surface area contributed by atoms with E-state index in [0.717, 1.165) is 12.8 Å². The molecule has 1 rings (SSSR count). The molecule has 1 amide bonds. The minimum absolute atomic E-state index is 0.220. The summed E-state index contributed by atoms with van der Waals surface area (Å²) in [5, 5.41) is 3.32. The number of carbonyl (C=O) groups excluding carboxylic acids is 1. The van der Waals surface area contributed by atoms with Crippen LogP contribution in [0.4, 0.5) is 0 Å². The first-order valence-electron chi connectivity index (χ1n) is 6.06. The van der Waals surface area contributed by atoms with Crippen molar-refractivity contribution in [3.8, 4) is 0 Å². The summed E-state index contributed by atoms with van der Waals surface area (Å²) in [5.41, 5.74) is 5.06. The van der Waals surface area contributed by atoms with E-state index in [0.29, 0.717) is 25.0 Å². The van der Waals surface area contributed by atoms with Gasteiger partial charge in [0.2, 0.25) is 5.91 Å². The standard InChI is InChI=1S/C12H24N2O2/c1-9-4-5-10(2)12(8-9,11(13)15)14-6-7-16-3/h9-10,14H,4-8H2,1-3H3,(H2,13,15). The number of primary amides is 1. The van der Waals surface area contributed by atoms with Gasteiger partial charge >= 0.3 is 0 Å². The zero-order valence-electron chi connectivity index (χ0n) is 10.6. The van der Waals surface area contributed by atoms with Crippen molar-refractivity contribution < 1.29 is 9.53 Å². The summed E-state index contributed by atoms with van der Waals surface area (Å²) in [6, 6.07) is 0. The van der Waals surface area contributed by atoms with Gasteiger partial charge in [-0.25, -0.2) is 0 Å². The Labute approximate surface area is 97.9 Å². The largest absolute Gasteiger partial charge is 0.383 e. The Morgan fingerprint density at radius 3 is 2.75 bits per heavy atom. The van der Waals surface area contributed by atoms with Gasteiger partial charge in [-0.3, -0.25) is 4.79 Å². The molecule has 4 nitrogen and oxygen atoms in total. The van der Waals surface area contributed by atoms with E-state index < -0.39 is 5.54 Å². The number of nitrogens with two attached hydrogens (primary N) is 1. The summed E-state index contributed by atoms with van der Waals surface area (Å²) < 4.78 is 5.01. The zero-order chi connectivity index (χ0) is 12.2. The molecule has 4 heteroatoms. The molecule has 3 N–H and O–H groups in total. The van der Waals surface area contributed by atoms with Crippen LogP contribution in [0.15, 0.2) is 0 Å². The van der Waals surface area contributed by atoms with Crippen molar-refractivity contribution in [1.29, 1.82) is 0 Å². The Kier molecular flexibility index (Phi) is 4.74. The summed E-state index contributed by atoms with van der Waals surface area (Å²) in [4.78, 5) is 11.7.